The van der Waals surface area contributed by atoms with Gasteiger partial charge in [-0.05, 0) is 60.5 Å². The highest BCUT2D eigenvalue weighted by atomic mass is 19.1. The number of halogens is 1. The third-order valence-electron chi connectivity index (χ3n) is 7.53. The Kier molecular flexibility index (Phi) is 2.31. The minimum atomic E-state index is -0.492. The first-order chi connectivity index (χ1) is 11.7. The molecule has 0 aromatic heterocycles. The van der Waals surface area contributed by atoms with Crippen LogP contribution < -0.4 is 4.90 Å². The van der Waals surface area contributed by atoms with Crippen LogP contribution in [0.3, 0.4) is 0 Å². The van der Waals surface area contributed by atoms with Crippen LogP contribution in [-0.2, 0) is 9.59 Å². The second-order valence-electron chi connectivity index (χ2n) is 8.18. The number of hydrogen-bond acceptors (Lipinski definition) is 2. The van der Waals surface area contributed by atoms with Crippen LogP contribution in [0.1, 0.15) is 12.8 Å². The first kappa shape index (κ1) is 13.3. The largest absolute Gasteiger partial charge is 0.274 e. The number of benzene rings is 1. The standard InChI is InChI=1S/C20H18FNO2/c21-13-3-1-2-4-14(13)22-19(23)17-11-8-12(18(17)20(22)24)16-10-6-5-9(7-10)15(11)16/h1-6,9-12,15-18H,7-8H2. The number of carbonyl (C=O) groups excluding carboxylic acids is 2. The van der Waals surface area contributed by atoms with Crippen LogP contribution in [0.25, 0.3) is 0 Å². The zero-order chi connectivity index (χ0) is 16.2. The molecule has 4 aliphatic carbocycles. The smallest absolute Gasteiger partial charge is 0.238 e. The van der Waals surface area contributed by atoms with E-state index in [9.17, 15) is 14.0 Å². The summed E-state index contributed by atoms with van der Waals surface area (Å²) >= 11 is 0. The Morgan fingerprint density at radius 2 is 1.46 bits per heavy atom. The Balaban J connectivity index is 1.43. The molecule has 1 saturated heterocycles. The summed E-state index contributed by atoms with van der Waals surface area (Å²) in [5.74, 6) is 1.74. The van der Waals surface area contributed by atoms with Gasteiger partial charge in [-0.15, -0.1) is 0 Å². The van der Waals surface area contributed by atoms with Crippen molar-refractivity contribution < 1.29 is 14.0 Å². The number of carbonyl (C=O) groups is 2. The Bertz CT molecular complexity index is 776. The third kappa shape index (κ3) is 1.32. The van der Waals surface area contributed by atoms with Gasteiger partial charge in [-0.1, -0.05) is 24.3 Å². The van der Waals surface area contributed by atoms with Gasteiger partial charge in [-0.2, -0.15) is 0 Å². The lowest BCUT2D eigenvalue weighted by molar-refractivity contribution is -0.123. The molecule has 2 amide bonds. The third-order valence-corrected chi connectivity index (χ3v) is 7.53. The van der Waals surface area contributed by atoms with E-state index in [2.05, 4.69) is 12.2 Å². The minimum absolute atomic E-state index is 0.132. The van der Waals surface area contributed by atoms with Crippen molar-refractivity contribution in [3.8, 4) is 0 Å². The average Bonchev–Trinajstić information content (AvgIpc) is 3.35. The lowest BCUT2D eigenvalue weighted by atomic mass is 9.65. The van der Waals surface area contributed by atoms with Crippen LogP contribution in [0.4, 0.5) is 10.1 Å². The fourth-order valence-corrected chi connectivity index (χ4v) is 6.99. The molecule has 4 fully saturated rings. The number of rotatable bonds is 1. The molecule has 3 nitrogen and oxygen atoms in total. The predicted octanol–water partition coefficient (Wildman–Crippen LogP) is 3.02. The van der Waals surface area contributed by atoms with E-state index in [1.54, 1.807) is 18.2 Å². The van der Waals surface area contributed by atoms with Crippen LogP contribution in [-0.4, -0.2) is 11.8 Å². The molecule has 3 saturated carbocycles. The van der Waals surface area contributed by atoms with Gasteiger partial charge >= 0.3 is 0 Å². The van der Waals surface area contributed by atoms with Crippen molar-refractivity contribution in [2.75, 3.05) is 4.90 Å². The number of hydrogen-bond donors (Lipinski definition) is 0. The van der Waals surface area contributed by atoms with Gasteiger partial charge in [0.05, 0.1) is 17.5 Å². The van der Waals surface area contributed by atoms with E-state index in [1.807, 2.05) is 0 Å². The Labute approximate surface area is 139 Å². The molecule has 0 spiro atoms. The second kappa shape index (κ2) is 4.16. The quantitative estimate of drug-likeness (QED) is 0.453. The van der Waals surface area contributed by atoms with Crippen molar-refractivity contribution in [1.82, 2.24) is 0 Å². The van der Waals surface area contributed by atoms with Crippen LogP contribution in [0.15, 0.2) is 36.4 Å². The lowest BCUT2D eigenvalue weighted by Gasteiger charge is -2.36. The van der Waals surface area contributed by atoms with Gasteiger partial charge in [0, 0.05) is 0 Å². The minimum Gasteiger partial charge on any atom is -0.274 e. The van der Waals surface area contributed by atoms with E-state index >= 15 is 0 Å². The van der Waals surface area contributed by atoms with Crippen LogP contribution in [0.2, 0.25) is 0 Å². The van der Waals surface area contributed by atoms with E-state index < -0.39 is 5.82 Å². The summed E-state index contributed by atoms with van der Waals surface area (Å²) in [6.07, 6.45) is 6.89. The average molecular weight is 323 g/mol. The van der Waals surface area contributed by atoms with Gasteiger partial charge in [0.15, 0.2) is 0 Å². The van der Waals surface area contributed by atoms with E-state index in [1.165, 1.54) is 12.5 Å². The topological polar surface area (TPSA) is 37.4 Å². The van der Waals surface area contributed by atoms with Crippen molar-refractivity contribution in [1.29, 1.82) is 0 Å². The summed E-state index contributed by atoms with van der Waals surface area (Å²) in [5.41, 5.74) is 0.132. The number of imide groups is 1. The fourth-order valence-electron chi connectivity index (χ4n) is 6.99. The molecular weight excluding hydrogens is 305 g/mol. The zero-order valence-corrected chi connectivity index (χ0v) is 13.1. The maximum absolute atomic E-state index is 14.2. The predicted molar refractivity (Wildman–Crippen MR) is 85.2 cm³/mol. The van der Waals surface area contributed by atoms with E-state index in [0.717, 1.165) is 11.3 Å². The highest BCUT2D eigenvalue weighted by molar-refractivity contribution is 6.22. The lowest BCUT2D eigenvalue weighted by Crippen LogP contribution is -2.38. The summed E-state index contributed by atoms with van der Waals surface area (Å²) in [5, 5.41) is 0. The zero-order valence-electron chi connectivity index (χ0n) is 13.1. The number of para-hydroxylation sites is 1. The molecule has 8 unspecified atom stereocenters. The van der Waals surface area contributed by atoms with Gasteiger partial charge in [0.2, 0.25) is 11.8 Å². The molecule has 1 aromatic carbocycles. The molecule has 1 aliphatic heterocycles. The Morgan fingerprint density at radius 3 is 2.04 bits per heavy atom. The SMILES string of the molecule is O=C1C2C3CC(C2C(=O)N1c1ccccc1F)C1C2C=CC(C2)C31. The summed E-state index contributed by atoms with van der Waals surface area (Å²) in [6, 6.07) is 6.13. The molecule has 0 radical (unpaired) electrons. The van der Waals surface area contributed by atoms with Crippen molar-refractivity contribution in [2.45, 2.75) is 12.8 Å². The number of allylic oxidation sites excluding steroid dienone is 2. The highest BCUT2D eigenvalue weighted by Crippen LogP contribution is 2.70. The van der Waals surface area contributed by atoms with Gasteiger partial charge < -0.3 is 0 Å². The van der Waals surface area contributed by atoms with E-state index in [0.29, 0.717) is 35.5 Å². The molecule has 4 bridgehead atoms. The highest BCUT2D eigenvalue weighted by Gasteiger charge is 2.71. The van der Waals surface area contributed by atoms with Crippen molar-refractivity contribution in [3.05, 3.63) is 42.2 Å². The summed E-state index contributed by atoms with van der Waals surface area (Å²) in [4.78, 5) is 27.3. The van der Waals surface area contributed by atoms with E-state index in [-0.39, 0.29) is 29.3 Å². The van der Waals surface area contributed by atoms with Crippen molar-refractivity contribution in [3.63, 3.8) is 0 Å². The number of fused-ring (bicyclic) bond motifs is 12. The monoisotopic (exact) mass is 323 g/mol. The number of nitrogens with zero attached hydrogens (tertiary/aromatic N) is 1. The molecule has 122 valence electrons. The number of anilines is 1. The molecule has 1 heterocycles. The van der Waals surface area contributed by atoms with Crippen molar-refractivity contribution in [2.24, 2.45) is 47.3 Å². The molecule has 8 atom stereocenters. The summed E-state index contributed by atoms with van der Waals surface area (Å²) < 4.78 is 14.2. The van der Waals surface area contributed by atoms with Crippen LogP contribution in [0, 0.1) is 53.2 Å². The Hall–Kier alpha value is -1.97. The Morgan fingerprint density at radius 1 is 0.875 bits per heavy atom. The van der Waals surface area contributed by atoms with Crippen LogP contribution >= 0.6 is 0 Å². The normalized spacial score (nSPS) is 47.0. The maximum atomic E-state index is 14.2. The molecule has 5 aliphatic rings. The molecule has 4 heteroatoms. The fraction of sp³-hybridized carbons (Fsp3) is 0.500. The molecule has 1 aromatic rings. The van der Waals surface area contributed by atoms with Gasteiger partial charge in [0.1, 0.15) is 5.82 Å². The summed E-state index contributed by atoms with van der Waals surface area (Å²) in [7, 11) is 0. The van der Waals surface area contributed by atoms with Crippen molar-refractivity contribution >= 4 is 17.5 Å². The maximum Gasteiger partial charge on any atom is 0.238 e. The molecule has 24 heavy (non-hydrogen) atoms. The first-order valence-electron chi connectivity index (χ1n) is 8.97. The second-order valence-corrected chi connectivity index (χ2v) is 8.18. The first-order valence-corrected chi connectivity index (χ1v) is 8.97. The van der Waals surface area contributed by atoms with Gasteiger partial charge in [-0.3, -0.25) is 9.59 Å². The van der Waals surface area contributed by atoms with Gasteiger partial charge in [-0.25, -0.2) is 9.29 Å². The van der Waals surface area contributed by atoms with Gasteiger partial charge in [0.25, 0.3) is 0 Å². The molecule has 6 rings (SSSR count). The number of amides is 2. The van der Waals surface area contributed by atoms with Crippen LogP contribution in [0.5, 0.6) is 0 Å². The van der Waals surface area contributed by atoms with E-state index in [4.69, 9.17) is 0 Å². The summed E-state index contributed by atoms with van der Waals surface area (Å²) in [6.45, 7) is 0. The molecule has 0 N–H and O–H groups in total. The molecular formula is C20H18FNO2.